The molecule has 2 atom stereocenters. The highest BCUT2D eigenvalue weighted by Gasteiger charge is 2.43. The first kappa shape index (κ1) is 14.5. The topological polar surface area (TPSA) is 34.5 Å². The smallest absolute Gasteiger partial charge is 0.316 e. The molecule has 23 heavy (non-hydrogen) atoms. The molecule has 2 unspecified atom stereocenters. The SMILES string of the molecule is COC(=O)C1(C)C=C2c3cccc4c3c(cn4C)CC2N(C)C1. The minimum Gasteiger partial charge on any atom is -0.468 e. The largest absolute Gasteiger partial charge is 0.468 e. The molecule has 2 heterocycles. The van der Waals surface area contributed by atoms with Crippen LogP contribution < -0.4 is 0 Å². The number of hydrogen-bond acceptors (Lipinski definition) is 3. The fraction of sp³-hybridized carbons (Fsp3) is 0.421. The highest BCUT2D eigenvalue weighted by molar-refractivity contribution is 5.99. The Balaban J connectivity index is 1.97. The average molecular weight is 310 g/mol. The molecule has 0 N–H and O–H groups in total. The molecule has 0 saturated carbocycles. The Morgan fingerprint density at radius 1 is 1.35 bits per heavy atom. The third-order valence-corrected chi connectivity index (χ3v) is 5.41. The lowest BCUT2D eigenvalue weighted by atomic mass is 9.75. The summed E-state index contributed by atoms with van der Waals surface area (Å²) < 4.78 is 7.25. The Hall–Kier alpha value is -2.07. The van der Waals surface area contributed by atoms with E-state index in [1.165, 1.54) is 34.7 Å². The van der Waals surface area contributed by atoms with E-state index in [9.17, 15) is 4.79 Å². The van der Waals surface area contributed by atoms with Crippen molar-refractivity contribution in [2.24, 2.45) is 12.5 Å². The highest BCUT2D eigenvalue weighted by Crippen LogP contribution is 2.44. The second-order valence-electron chi connectivity index (χ2n) is 7.11. The van der Waals surface area contributed by atoms with Gasteiger partial charge in [-0.25, -0.2) is 0 Å². The van der Waals surface area contributed by atoms with Gasteiger partial charge in [-0.1, -0.05) is 18.2 Å². The number of aromatic nitrogens is 1. The van der Waals surface area contributed by atoms with E-state index in [2.05, 4.69) is 54.0 Å². The molecule has 2 aromatic rings. The number of carbonyl (C=O) groups excluding carboxylic acids is 1. The van der Waals surface area contributed by atoms with Crippen molar-refractivity contribution in [3.63, 3.8) is 0 Å². The second kappa shape index (κ2) is 4.71. The summed E-state index contributed by atoms with van der Waals surface area (Å²) in [4.78, 5) is 14.6. The molecule has 120 valence electrons. The van der Waals surface area contributed by atoms with Gasteiger partial charge in [0.05, 0.1) is 12.5 Å². The van der Waals surface area contributed by atoms with E-state index < -0.39 is 5.41 Å². The molecule has 4 nitrogen and oxygen atoms in total. The number of hydrogen-bond donors (Lipinski definition) is 0. The van der Waals surface area contributed by atoms with Crippen LogP contribution in [0.25, 0.3) is 16.5 Å². The van der Waals surface area contributed by atoms with Gasteiger partial charge in [0.15, 0.2) is 0 Å². The number of likely N-dealkylation sites (N-methyl/N-ethyl adjacent to an activating group) is 1. The van der Waals surface area contributed by atoms with Crippen LogP contribution in [0.2, 0.25) is 0 Å². The van der Waals surface area contributed by atoms with Crippen LogP contribution in [0.3, 0.4) is 0 Å². The van der Waals surface area contributed by atoms with E-state index in [0.717, 1.165) is 6.42 Å². The zero-order chi connectivity index (χ0) is 16.4. The summed E-state index contributed by atoms with van der Waals surface area (Å²) in [6.07, 6.45) is 5.38. The first-order valence-electron chi connectivity index (χ1n) is 8.03. The maximum Gasteiger partial charge on any atom is 0.316 e. The summed E-state index contributed by atoms with van der Waals surface area (Å²) in [5.74, 6) is -0.165. The Morgan fingerprint density at radius 2 is 2.13 bits per heavy atom. The second-order valence-corrected chi connectivity index (χ2v) is 7.11. The molecular formula is C19H22N2O2. The standard InChI is InChI=1S/C19H22N2O2/c1-19(18(22)23-4)9-14-13-6-5-7-15-17(13)12(10-20(15)2)8-16(14)21(3)11-19/h5-7,9-10,16H,8,11H2,1-4H3. The van der Waals surface area contributed by atoms with Crippen LogP contribution >= 0.6 is 0 Å². The predicted octanol–water partition coefficient (Wildman–Crippen LogP) is 2.61. The van der Waals surface area contributed by atoms with Crippen molar-refractivity contribution < 1.29 is 9.53 Å². The molecular weight excluding hydrogens is 288 g/mol. The molecule has 4 heteroatoms. The minimum absolute atomic E-state index is 0.165. The van der Waals surface area contributed by atoms with Crippen molar-refractivity contribution in [1.82, 2.24) is 9.47 Å². The number of rotatable bonds is 1. The lowest BCUT2D eigenvalue weighted by Crippen LogP contribution is -2.49. The van der Waals surface area contributed by atoms with E-state index in [1.54, 1.807) is 0 Å². The molecule has 1 aromatic carbocycles. The maximum atomic E-state index is 12.3. The zero-order valence-corrected chi connectivity index (χ0v) is 14.1. The van der Waals surface area contributed by atoms with Crippen LogP contribution in [-0.2, 0) is 23.0 Å². The molecule has 1 aliphatic heterocycles. The fourth-order valence-corrected chi connectivity index (χ4v) is 4.37. The van der Waals surface area contributed by atoms with Gasteiger partial charge in [0.2, 0.25) is 0 Å². The summed E-state index contributed by atoms with van der Waals surface area (Å²) in [6.45, 7) is 2.66. The van der Waals surface area contributed by atoms with Crippen molar-refractivity contribution in [1.29, 1.82) is 0 Å². The molecule has 1 aromatic heterocycles. The Kier molecular flexibility index (Phi) is 2.97. The monoisotopic (exact) mass is 310 g/mol. The zero-order valence-electron chi connectivity index (χ0n) is 14.1. The Bertz CT molecular complexity index is 848. The van der Waals surface area contributed by atoms with Crippen LogP contribution in [0, 0.1) is 5.41 Å². The van der Waals surface area contributed by atoms with Gasteiger partial charge in [-0.05, 0) is 43.2 Å². The van der Waals surface area contributed by atoms with E-state index >= 15 is 0 Å². The molecule has 0 saturated heterocycles. The van der Waals surface area contributed by atoms with E-state index in [0.29, 0.717) is 12.6 Å². The lowest BCUT2D eigenvalue weighted by Gasteiger charge is -2.43. The van der Waals surface area contributed by atoms with Gasteiger partial charge in [0.25, 0.3) is 0 Å². The molecule has 0 spiro atoms. The predicted molar refractivity (Wildman–Crippen MR) is 91.1 cm³/mol. The van der Waals surface area contributed by atoms with Crippen molar-refractivity contribution in [3.05, 3.63) is 41.6 Å². The highest BCUT2D eigenvalue weighted by atomic mass is 16.5. The van der Waals surface area contributed by atoms with Gasteiger partial charge in [0, 0.05) is 36.7 Å². The summed E-state index contributed by atoms with van der Waals surface area (Å²) >= 11 is 0. The molecule has 0 radical (unpaired) electrons. The third-order valence-electron chi connectivity index (χ3n) is 5.41. The van der Waals surface area contributed by atoms with Gasteiger partial charge in [0.1, 0.15) is 0 Å². The Morgan fingerprint density at radius 3 is 2.87 bits per heavy atom. The minimum atomic E-state index is -0.593. The van der Waals surface area contributed by atoms with Crippen molar-refractivity contribution in [2.75, 3.05) is 20.7 Å². The van der Waals surface area contributed by atoms with Crippen LogP contribution in [-0.4, -0.2) is 42.2 Å². The number of esters is 1. The van der Waals surface area contributed by atoms with Crippen LogP contribution in [0.5, 0.6) is 0 Å². The molecule has 1 aliphatic carbocycles. The van der Waals surface area contributed by atoms with Crippen molar-refractivity contribution in [3.8, 4) is 0 Å². The van der Waals surface area contributed by atoms with Crippen molar-refractivity contribution in [2.45, 2.75) is 19.4 Å². The van der Waals surface area contributed by atoms with E-state index in [4.69, 9.17) is 4.74 Å². The Labute approximate surface area is 136 Å². The van der Waals surface area contributed by atoms with Crippen LogP contribution in [0.15, 0.2) is 30.5 Å². The van der Waals surface area contributed by atoms with Crippen LogP contribution in [0.1, 0.15) is 18.1 Å². The van der Waals surface area contributed by atoms with E-state index in [1.807, 2.05) is 6.92 Å². The van der Waals surface area contributed by atoms with Gasteiger partial charge < -0.3 is 9.30 Å². The molecule has 0 bridgehead atoms. The molecule has 4 rings (SSSR count). The molecule has 2 aliphatic rings. The van der Waals surface area contributed by atoms with Gasteiger partial charge in [-0.15, -0.1) is 0 Å². The number of fused-ring (bicyclic) bond motifs is 2. The number of nitrogens with zero attached hydrogens (tertiary/aromatic N) is 2. The first-order valence-corrected chi connectivity index (χ1v) is 8.03. The first-order chi connectivity index (χ1) is 10.9. The summed E-state index contributed by atoms with van der Waals surface area (Å²) in [7, 11) is 5.67. The third kappa shape index (κ3) is 1.91. The maximum absolute atomic E-state index is 12.3. The summed E-state index contributed by atoms with van der Waals surface area (Å²) in [5, 5.41) is 1.33. The molecule has 0 amide bonds. The summed E-state index contributed by atoms with van der Waals surface area (Å²) in [5.41, 5.74) is 4.58. The number of ether oxygens (including phenoxy) is 1. The number of aryl methyl sites for hydroxylation is 1. The lowest BCUT2D eigenvalue weighted by molar-refractivity contribution is -0.150. The number of methoxy groups -OCH3 is 1. The molecule has 0 fully saturated rings. The number of benzene rings is 1. The van der Waals surface area contributed by atoms with Crippen LogP contribution in [0.4, 0.5) is 0 Å². The average Bonchev–Trinajstić information content (AvgIpc) is 2.85. The van der Waals surface area contributed by atoms with Gasteiger partial charge in [-0.2, -0.15) is 0 Å². The van der Waals surface area contributed by atoms with Gasteiger partial charge >= 0.3 is 5.97 Å². The quantitative estimate of drug-likeness (QED) is 0.759. The fourth-order valence-electron chi connectivity index (χ4n) is 4.37. The van der Waals surface area contributed by atoms with E-state index in [-0.39, 0.29) is 5.97 Å². The van der Waals surface area contributed by atoms with Gasteiger partial charge in [-0.3, -0.25) is 9.69 Å². The number of carbonyl (C=O) groups is 1. The normalized spacial score (nSPS) is 26.8. The summed E-state index contributed by atoms with van der Waals surface area (Å²) in [6, 6.07) is 6.78. The van der Waals surface area contributed by atoms with Crippen molar-refractivity contribution >= 4 is 22.4 Å².